The standard InChI is InChI=1S/C14H21N3O2/c1-9-7-16-12(10(2)13(9)19-3)8-17-11-5-4-6-15-14(11)18/h7,11,17H,4-6,8H2,1-3H3,(H,15,18). The highest BCUT2D eigenvalue weighted by Crippen LogP contribution is 2.23. The Morgan fingerprint density at radius 1 is 1.53 bits per heavy atom. The van der Waals surface area contributed by atoms with Crippen LogP contribution in [0.3, 0.4) is 0 Å². The van der Waals surface area contributed by atoms with Crippen molar-refractivity contribution in [3.05, 3.63) is 23.0 Å². The number of amides is 1. The molecule has 19 heavy (non-hydrogen) atoms. The van der Waals surface area contributed by atoms with Gasteiger partial charge in [0, 0.05) is 30.4 Å². The Morgan fingerprint density at radius 3 is 3.00 bits per heavy atom. The van der Waals surface area contributed by atoms with E-state index >= 15 is 0 Å². The van der Waals surface area contributed by atoms with Crippen molar-refractivity contribution in [2.45, 2.75) is 39.3 Å². The van der Waals surface area contributed by atoms with E-state index in [1.54, 1.807) is 7.11 Å². The first-order valence-corrected chi connectivity index (χ1v) is 6.63. The second-order valence-corrected chi connectivity index (χ2v) is 4.91. The van der Waals surface area contributed by atoms with E-state index in [0.29, 0.717) is 6.54 Å². The zero-order chi connectivity index (χ0) is 13.8. The number of hydrogen-bond acceptors (Lipinski definition) is 4. The minimum Gasteiger partial charge on any atom is -0.496 e. The number of methoxy groups -OCH3 is 1. The Kier molecular flexibility index (Phi) is 4.37. The third kappa shape index (κ3) is 3.04. The molecule has 0 aliphatic carbocycles. The summed E-state index contributed by atoms with van der Waals surface area (Å²) in [6, 6.07) is -0.109. The molecule has 2 rings (SSSR count). The highest BCUT2D eigenvalue weighted by molar-refractivity contribution is 5.82. The normalized spacial score (nSPS) is 19.1. The van der Waals surface area contributed by atoms with Gasteiger partial charge in [-0.15, -0.1) is 0 Å². The third-order valence-electron chi connectivity index (χ3n) is 3.55. The number of aromatic nitrogens is 1. The minimum absolute atomic E-state index is 0.0861. The van der Waals surface area contributed by atoms with E-state index in [-0.39, 0.29) is 11.9 Å². The van der Waals surface area contributed by atoms with Gasteiger partial charge < -0.3 is 15.4 Å². The van der Waals surface area contributed by atoms with Crippen molar-refractivity contribution in [1.29, 1.82) is 0 Å². The molecule has 0 aromatic carbocycles. The van der Waals surface area contributed by atoms with Crippen molar-refractivity contribution < 1.29 is 9.53 Å². The molecule has 1 amide bonds. The molecule has 0 radical (unpaired) electrons. The quantitative estimate of drug-likeness (QED) is 0.853. The highest BCUT2D eigenvalue weighted by atomic mass is 16.5. The van der Waals surface area contributed by atoms with Crippen molar-refractivity contribution >= 4 is 5.91 Å². The smallest absolute Gasteiger partial charge is 0.237 e. The van der Waals surface area contributed by atoms with Gasteiger partial charge in [0.25, 0.3) is 0 Å². The predicted molar refractivity (Wildman–Crippen MR) is 73.1 cm³/mol. The molecule has 104 valence electrons. The number of carbonyl (C=O) groups excluding carboxylic acids is 1. The number of aryl methyl sites for hydroxylation is 1. The molecule has 1 saturated heterocycles. The van der Waals surface area contributed by atoms with Crippen LogP contribution in [0.4, 0.5) is 0 Å². The van der Waals surface area contributed by atoms with Gasteiger partial charge in [0.15, 0.2) is 0 Å². The van der Waals surface area contributed by atoms with E-state index in [9.17, 15) is 4.79 Å². The van der Waals surface area contributed by atoms with Crippen LogP contribution in [0.5, 0.6) is 5.75 Å². The summed E-state index contributed by atoms with van der Waals surface area (Å²) >= 11 is 0. The number of nitrogens with zero attached hydrogens (tertiary/aromatic N) is 1. The number of carbonyl (C=O) groups is 1. The largest absolute Gasteiger partial charge is 0.496 e. The summed E-state index contributed by atoms with van der Waals surface area (Å²) in [5.74, 6) is 0.961. The van der Waals surface area contributed by atoms with Crippen molar-refractivity contribution in [3.8, 4) is 5.75 Å². The van der Waals surface area contributed by atoms with Gasteiger partial charge >= 0.3 is 0 Å². The lowest BCUT2D eigenvalue weighted by Gasteiger charge is -2.23. The van der Waals surface area contributed by atoms with Gasteiger partial charge in [-0.1, -0.05) is 0 Å². The summed E-state index contributed by atoms with van der Waals surface area (Å²) in [5.41, 5.74) is 2.99. The fraction of sp³-hybridized carbons (Fsp3) is 0.571. The maximum atomic E-state index is 11.7. The fourth-order valence-electron chi connectivity index (χ4n) is 2.44. The molecule has 1 atom stereocenters. The number of piperidine rings is 1. The topological polar surface area (TPSA) is 63.2 Å². The van der Waals surface area contributed by atoms with Crippen molar-refractivity contribution in [1.82, 2.24) is 15.6 Å². The van der Waals surface area contributed by atoms with Crippen LogP contribution in [0, 0.1) is 13.8 Å². The summed E-state index contributed by atoms with van der Waals surface area (Å²) in [4.78, 5) is 16.1. The maximum Gasteiger partial charge on any atom is 0.237 e. The zero-order valence-corrected chi connectivity index (χ0v) is 11.7. The van der Waals surface area contributed by atoms with E-state index in [1.807, 2.05) is 20.0 Å². The lowest BCUT2D eigenvalue weighted by Crippen LogP contribution is -2.48. The van der Waals surface area contributed by atoms with Crippen LogP contribution < -0.4 is 15.4 Å². The van der Waals surface area contributed by atoms with Crippen molar-refractivity contribution in [2.24, 2.45) is 0 Å². The van der Waals surface area contributed by atoms with Crippen LogP contribution >= 0.6 is 0 Å². The van der Waals surface area contributed by atoms with Gasteiger partial charge in [0.1, 0.15) is 5.75 Å². The van der Waals surface area contributed by atoms with Crippen LogP contribution in [0.15, 0.2) is 6.20 Å². The molecule has 0 spiro atoms. The monoisotopic (exact) mass is 263 g/mol. The Hall–Kier alpha value is -1.62. The molecule has 2 N–H and O–H groups in total. The van der Waals surface area contributed by atoms with E-state index in [0.717, 1.165) is 42.0 Å². The Bertz CT molecular complexity index is 474. The van der Waals surface area contributed by atoms with Gasteiger partial charge in [-0.2, -0.15) is 0 Å². The van der Waals surface area contributed by atoms with Gasteiger partial charge in [-0.05, 0) is 26.7 Å². The first-order valence-electron chi connectivity index (χ1n) is 6.63. The number of rotatable bonds is 4. The molecule has 0 saturated carbocycles. The van der Waals surface area contributed by atoms with Crippen molar-refractivity contribution in [3.63, 3.8) is 0 Å². The third-order valence-corrected chi connectivity index (χ3v) is 3.55. The van der Waals surface area contributed by atoms with Crippen LogP contribution in [0.25, 0.3) is 0 Å². The molecule has 1 unspecified atom stereocenters. The fourth-order valence-corrected chi connectivity index (χ4v) is 2.44. The summed E-state index contributed by atoms with van der Waals surface area (Å²) in [6.45, 7) is 5.34. The molecule has 5 heteroatoms. The molecule has 1 fully saturated rings. The molecule has 1 aromatic rings. The molecular formula is C14H21N3O2. The second-order valence-electron chi connectivity index (χ2n) is 4.91. The second kappa shape index (κ2) is 6.02. The summed E-state index contributed by atoms with van der Waals surface area (Å²) in [7, 11) is 1.67. The van der Waals surface area contributed by atoms with Crippen molar-refractivity contribution in [2.75, 3.05) is 13.7 Å². The number of ether oxygens (including phenoxy) is 1. The Balaban J connectivity index is 2.05. The molecule has 5 nitrogen and oxygen atoms in total. The number of hydrogen-bond donors (Lipinski definition) is 2. The molecular weight excluding hydrogens is 242 g/mol. The highest BCUT2D eigenvalue weighted by Gasteiger charge is 2.21. The predicted octanol–water partition coefficient (Wildman–Crippen LogP) is 1.08. The zero-order valence-electron chi connectivity index (χ0n) is 11.7. The van der Waals surface area contributed by atoms with Crippen LogP contribution in [-0.2, 0) is 11.3 Å². The Morgan fingerprint density at radius 2 is 2.32 bits per heavy atom. The average molecular weight is 263 g/mol. The molecule has 1 aliphatic rings. The average Bonchev–Trinajstić information content (AvgIpc) is 2.40. The SMILES string of the molecule is COc1c(C)cnc(CNC2CCCNC2=O)c1C. The van der Waals surface area contributed by atoms with Gasteiger partial charge in [0.05, 0.1) is 18.8 Å². The molecule has 1 aliphatic heterocycles. The van der Waals surface area contributed by atoms with Gasteiger partial charge in [-0.25, -0.2) is 0 Å². The summed E-state index contributed by atoms with van der Waals surface area (Å²) < 4.78 is 5.38. The van der Waals surface area contributed by atoms with E-state index in [1.165, 1.54) is 0 Å². The van der Waals surface area contributed by atoms with Crippen LogP contribution in [0.1, 0.15) is 29.7 Å². The number of pyridine rings is 1. The van der Waals surface area contributed by atoms with Gasteiger partial charge in [-0.3, -0.25) is 9.78 Å². The summed E-state index contributed by atoms with van der Waals surface area (Å²) in [6.07, 6.45) is 3.71. The van der Waals surface area contributed by atoms with Gasteiger partial charge in [0.2, 0.25) is 5.91 Å². The Labute approximate surface area is 113 Å². The molecule has 0 bridgehead atoms. The maximum absolute atomic E-state index is 11.7. The van der Waals surface area contributed by atoms with E-state index in [4.69, 9.17) is 4.74 Å². The minimum atomic E-state index is -0.109. The molecule has 2 heterocycles. The first-order chi connectivity index (χ1) is 9.13. The lowest BCUT2D eigenvalue weighted by molar-refractivity contribution is -0.124. The number of nitrogens with one attached hydrogen (secondary N) is 2. The summed E-state index contributed by atoms with van der Waals surface area (Å²) in [5, 5.41) is 6.14. The van der Waals surface area contributed by atoms with Crippen LogP contribution in [-0.4, -0.2) is 30.6 Å². The molecule has 1 aromatic heterocycles. The van der Waals surface area contributed by atoms with E-state index in [2.05, 4.69) is 15.6 Å². The van der Waals surface area contributed by atoms with Crippen LogP contribution in [0.2, 0.25) is 0 Å². The first kappa shape index (κ1) is 13.8. The van der Waals surface area contributed by atoms with E-state index < -0.39 is 0 Å². The lowest BCUT2D eigenvalue weighted by atomic mass is 10.1.